The van der Waals surface area contributed by atoms with Gasteiger partial charge in [-0.3, -0.25) is 0 Å². The number of nitrogens with zero attached hydrogens (tertiary/aromatic N) is 1. The van der Waals surface area contributed by atoms with Crippen molar-refractivity contribution in [3.05, 3.63) is 35.3 Å². The SMILES string of the molecule is CCN1C=C(C(=O)O)Cc2cc(F)c(O)cc21. The molecule has 90 valence electrons. The number of anilines is 1. The van der Waals surface area contributed by atoms with Gasteiger partial charge >= 0.3 is 5.97 Å². The van der Waals surface area contributed by atoms with E-state index in [4.69, 9.17) is 5.11 Å². The van der Waals surface area contributed by atoms with E-state index in [2.05, 4.69) is 0 Å². The van der Waals surface area contributed by atoms with E-state index in [0.29, 0.717) is 17.8 Å². The van der Waals surface area contributed by atoms with E-state index in [1.165, 1.54) is 18.3 Å². The quantitative estimate of drug-likeness (QED) is 0.824. The summed E-state index contributed by atoms with van der Waals surface area (Å²) >= 11 is 0. The van der Waals surface area contributed by atoms with Crippen LogP contribution in [0.25, 0.3) is 0 Å². The molecule has 1 aromatic carbocycles. The maximum absolute atomic E-state index is 13.2. The van der Waals surface area contributed by atoms with Crippen LogP contribution in [0, 0.1) is 5.82 Å². The van der Waals surface area contributed by atoms with Gasteiger partial charge in [0.1, 0.15) is 0 Å². The number of phenols is 1. The van der Waals surface area contributed by atoms with Crippen LogP contribution in [0.5, 0.6) is 5.75 Å². The zero-order chi connectivity index (χ0) is 12.6. The van der Waals surface area contributed by atoms with Crippen LogP contribution < -0.4 is 4.90 Å². The molecule has 1 aliphatic rings. The molecule has 0 aromatic heterocycles. The van der Waals surface area contributed by atoms with Crippen LogP contribution >= 0.6 is 0 Å². The van der Waals surface area contributed by atoms with E-state index in [-0.39, 0.29) is 12.0 Å². The van der Waals surface area contributed by atoms with Gasteiger partial charge in [0.05, 0.1) is 5.57 Å². The first-order valence-corrected chi connectivity index (χ1v) is 5.25. The van der Waals surface area contributed by atoms with Gasteiger partial charge in [0.2, 0.25) is 0 Å². The lowest BCUT2D eigenvalue weighted by Gasteiger charge is -2.27. The molecule has 0 amide bonds. The molecule has 4 nitrogen and oxygen atoms in total. The van der Waals surface area contributed by atoms with E-state index in [1.54, 1.807) is 4.90 Å². The van der Waals surface area contributed by atoms with E-state index in [1.807, 2.05) is 6.92 Å². The van der Waals surface area contributed by atoms with Crippen LogP contribution in [0.1, 0.15) is 12.5 Å². The molecule has 17 heavy (non-hydrogen) atoms. The second-order valence-corrected chi connectivity index (χ2v) is 3.85. The zero-order valence-electron chi connectivity index (χ0n) is 9.27. The molecule has 0 unspecified atom stereocenters. The van der Waals surface area contributed by atoms with Gasteiger partial charge in [-0.2, -0.15) is 0 Å². The van der Waals surface area contributed by atoms with E-state index < -0.39 is 17.5 Å². The first-order chi connectivity index (χ1) is 8.02. The molecule has 0 radical (unpaired) electrons. The Morgan fingerprint density at radius 3 is 2.82 bits per heavy atom. The largest absolute Gasteiger partial charge is 0.505 e. The Bertz CT molecular complexity index is 511. The third-order valence-corrected chi connectivity index (χ3v) is 2.77. The fourth-order valence-electron chi connectivity index (χ4n) is 1.90. The average Bonchev–Trinajstić information content (AvgIpc) is 2.29. The highest BCUT2D eigenvalue weighted by Crippen LogP contribution is 2.33. The topological polar surface area (TPSA) is 60.8 Å². The molecule has 0 aliphatic carbocycles. The predicted octanol–water partition coefficient (Wildman–Crippen LogP) is 1.88. The van der Waals surface area contributed by atoms with Gasteiger partial charge < -0.3 is 15.1 Å². The van der Waals surface area contributed by atoms with Crippen molar-refractivity contribution in [1.29, 1.82) is 0 Å². The molecule has 0 fully saturated rings. The van der Waals surface area contributed by atoms with Crippen molar-refractivity contribution < 1.29 is 19.4 Å². The van der Waals surface area contributed by atoms with Crippen molar-refractivity contribution in [2.45, 2.75) is 13.3 Å². The Morgan fingerprint density at radius 2 is 2.24 bits per heavy atom. The van der Waals surface area contributed by atoms with Crippen LogP contribution in [-0.2, 0) is 11.2 Å². The lowest BCUT2D eigenvalue weighted by atomic mass is 9.99. The summed E-state index contributed by atoms with van der Waals surface area (Å²) in [6.45, 7) is 2.40. The van der Waals surface area contributed by atoms with Crippen molar-refractivity contribution in [3.8, 4) is 5.75 Å². The molecule has 0 spiro atoms. The number of halogens is 1. The van der Waals surface area contributed by atoms with Gasteiger partial charge in [-0.15, -0.1) is 0 Å². The molecule has 1 aliphatic heterocycles. The summed E-state index contributed by atoms with van der Waals surface area (Å²) in [7, 11) is 0. The van der Waals surface area contributed by atoms with Gasteiger partial charge in [0.25, 0.3) is 0 Å². The second-order valence-electron chi connectivity index (χ2n) is 3.85. The van der Waals surface area contributed by atoms with E-state index in [9.17, 15) is 14.3 Å². The van der Waals surface area contributed by atoms with Gasteiger partial charge in [-0.05, 0) is 18.6 Å². The number of aliphatic carboxylic acids is 1. The summed E-state index contributed by atoms with van der Waals surface area (Å²) in [6.07, 6.45) is 1.68. The summed E-state index contributed by atoms with van der Waals surface area (Å²) in [5, 5.41) is 18.3. The van der Waals surface area contributed by atoms with Crippen LogP contribution in [0.2, 0.25) is 0 Å². The van der Waals surface area contributed by atoms with Crippen molar-refractivity contribution in [2.24, 2.45) is 0 Å². The van der Waals surface area contributed by atoms with Crippen LogP contribution in [0.15, 0.2) is 23.9 Å². The number of benzene rings is 1. The number of carboxylic acids is 1. The minimum Gasteiger partial charge on any atom is -0.505 e. The summed E-state index contributed by atoms with van der Waals surface area (Å²) < 4.78 is 13.2. The van der Waals surface area contributed by atoms with Crippen LogP contribution in [0.4, 0.5) is 10.1 Å². The number of phenolic OH excluding ortho intramolecular Hbond substituents is 1. The minimum atomic E-state index is -1.01. The molecule has 0 atom stereocenters. The molecule has 0 bridgehead atoms. The molecule has 2 N–H and O–H groups in total. The first kappa shape index (κ1) is 11.4. The van der Waals surface area contributed by atoms with Gasteiger partial charge in [-0.1, -0.05) is 0 Å². The molecule has 1 heterocycles. The Morgan fingerprint density at radius 1 is 1.53 bits per heavy atom. The molecule has 0 saturated carbocycles. The minimum absolute atomic E-state index is 0.165. The lowest BCUT2D eigenvalue weighted by Crippen LogP contribution is -2.24. The number of aromatic hydroxyl groups is 1. The smallest absolute Gasteiger partial charge is 0.333 e. The Hall–Kier alpha value is -2.04. The molecular formula is C12H12FNO3. The standard InChI is InChI=1S/C12H12FNO3/c1-2-14-6-8(12(16)17)3-7-4-9(13)11(15)5-10(7)14/h4-6,15H,2-3H2,1H3,(H,16,17). The number of carbonyl (C=O) groups is 1. The predicted molar refractivity (Wildman–Crippen MR) is 60.5 cm³/mol. The summed E-state index contributed by atoms with van der Waals surface area (Å²) in [6, 6.07) is 2.51. The van der Waals surface area contributed by atoms with Gasteiger partial charge in [-0.25, -0.2) is 9.18 Å². The van der Waals surface area contributed by atoms with Crippen molar-refractivity contribution in [3.63, 3.8) is 0 Å². The van der Waals surface area contributed by atoms with Gasteiger partial charge in [0, 0.05) is 30.9 Å². The number of hydrogen-bond donors (Lipinski definition) is 2. The number of fused-ring (bicyclic) bond motifs is 1. The zero-order valence-corrected chi connectivity index (χ0v) is 9.27. The third-order valence-electron chi connectivity index (χ3n) is 2.77. The summed E-state index contributed by atoms with van der Waals surface area (Å²) in [4.78, 5) is 12.6. The molecule has 5 heteroatoms. The maximum Gasteiger partial charge on any atom is 0.333 e. The highest BCUT2D eigenvalue weighted by atomic mass is 19.1. The first-order valence-electron chi connectivity index (χ1n) is 5.25. The van der Waals surface area contributed by atoms with Crippen LogP contribution in [-0.4, -0.2) is 22.7 Å². The third kappa shape index (κ3) is 1.95. The second kappa shape index (κ2) is 4.08. The Kier molecular flexibility index (Phi) is 2.75. The van der Waals surface area contributed by atoms with Crippen molar-refractivity contribution >= 4 is 11.7 Å². The number of carboxylic acid groups (broad SMARTS) is 1. The maximum atomic E-state index is 13.2. The summed E-state index contributed by atoms with van der Waals surface area (Å²) in [5.74, 6) is -2.16. The highest BCUT2D eigenvalue weighted by Gasteiger charge is 2.22. The Balaban J connectivity index is 2.51. The van der Waals surface area contributed by atoms with Gasteiger partial charge in [0.15, 0.2) is 11.6 Å². The molecule has 2 rings (SSSR count). The average molecular weight is 237 g/mol. The summed E-state index contributed by atoms with van der Waals surface area (Å²) in [5.41, 5.74) is 1.43. The van der Waals surface area contributed by atoms with Crippen molar-refractivity contribution in [2.75, 3.05) is 11.4 Å². The molecular weight excluding hydrogens is 225 g/mol. The molecule has 1 aromatic rings. The van der Waals surface area contributed by atoms with E-state index >= 15 is 0 Å². The normalized spacial score (nSPS) is 14.2. The number of rotatable bonds is 2. The fourth-order valence-corrected chi connectivity index (χ4v) is 1.90. The van der Waals surface area contributed by atoms with Crippen molar-refractivity contribution in [1.82, 2.24) is 0 Å². The Labute approximate surface area is 97.6 Å². The lowest BCUT2D eigenvalue weighted by molar-refractivity contribution is -0.132. The number of hydrogen-bond acceptors (Lipinski definition) is 3. The van der Waals surface area contributed by atoms with Crippen LogP contribution in [0.3, 0.4) is 0 Å². The van der Waals surface area contributed by atoms with E-state index in [0.717, 1.165) is 0 Å². The highest BCUT2D eigenvalue weighted by molar-refractivity contribution is 5.89. The fraction of sp³-hybridized carbons (Fsp3) is 0.250. The monoisotopic (exact) mass is 237 g/mol. The molecule has 0 saturated heterocycles.